The predicted octanol–water partition coefficient (Wildman–Crippen LogP) is 2.38. The summed E-state index contributed by atoms with van der Waals surface area (Å²) in [5.41, 5.74) is 3.57. The number of para-hydroxylation sites is 1. The molecule has 3 rings (SSSR count). The minimum atomic E-state index is -0.926. The summed E-state index contributed by atoms with van der Waals surface area (Å²) >= 11 is 0. The van der Waals surface area contributed by atoms with Crippen LogP contribution in [0.1, 0.15) is 27.9 Å². The Kier molecular flexibility index (Phi) is 4.52. The van der Waals surface area contributed by atoms with E-state index < -0.39 is 11.9 Å². The molecule has 0 radical (unpaired) electrons. The molecule has 6 nitrogen and oxygen atoms in total. The standard InChI is InChI=1S/C19H19N3O3/c1-11-6-5-9-14(12(11)2)20-17(23)10-16-19(25)21-15-8-4-3-7-13(15)18(24)22-16/h3-9,16H,10H2,1-2H3,(H,20,23)(H,21,25)(H,22,24). The second-order valence-electron chi connectivity index (χ2n) is 6.06. The van der Waals surface area contributed by atoms with Crippen LogP contribution in [0, 0.1) is 13.8 Å². The van der Waals surface area contributed by atoms with Gasteiger partial charge in [0, 0.05) is 5.69 Å². The molecule has 0 fully saturated rings. The molecule has 0 spiro atoms. The highest BCUT2D eigenvalue weighted by Gasteiger charge is 2.29. The lowest BCUT2D eigenvalue weighted by molar-refractivity contribution is -0.122. The van der Waals surface area contributed by atoms with E-state index in [1.54, 1.807) is 24.3 Å². The summed E-state index contributed by atoms with van der Waals surface area (Å²) in [6.07, 6.45) is -0.140. The van der Waals surface area contributed by atoms with Gasteiger partial charge in [0.25, 0.3) is 5.91 Å². The Morgan fingerprint density at radius 2 is 1.84 bits per heavy atom. The number of fused-ring (bicyclic) bond motifs is 1. The molecule has 1 atom stereocenters. The summed E-state index contributed by atoms with van der Waals surface area (Å²) in [5, 5.41) is 8.11. The minimum Gasteiger partial charge on any atom is -0.340 e. The number of amides is 3. The minimum absolute atomic E-state index is 0.140. The van der Waals surface area contributed by atoms with Crippen LogP contribution in [0.5, 0.6) is 0 Å². The molecule has 25 heavy (non-hydrogen) atoms. The van der Waals surface area contributed by atoms with Gasteiger partial charge in [-0.1, -0.05) is 24.3 Å². The normalized spacial score (nSPS) is 16.3. The van der Waals surface area contributed by atoms with Crippen molar-refractivity contribution in [1.82, 2.24) is 5.32 Å². The molecule has 3 amide bonds. The Balaban J connectivity index is 1.72. The number of rotatable bonds is 3. The second kappa shape index (κ2) is 6.76. The van der Waals surface area contributed by atoms with Crippen LogP contribution in [0.4, 0.5) is 11.4 Å². The van der Waals surface area contributed by atoms with Gasteiger partial charge in [0.05, 0.1) is 17.7 Å². The van der Waals surface area contributed by atoms with Crippen LogP contribution in [-0.4, -0.2) is 23.8 Å². The summed E-state index contributed by atoms with van der Waals surface area (Å²) in [6.45, 7) is 3.88. The molecule has 0 saturated heterocycles. The molecular weight excluding hydrogens is 318 g/mol. The molecular formula is C19H19N3O3. The maximum absolute atomic E-state index is 12.3. The lowest BCUT2D eigenvalue weighted by Crippen LogP contribution is -2.43. The summed E-state index contributed by atoms with van der Waals surface area (Å²) in [5.74, 6) is -1.12. The van der Waals surface area contributed by atoms with Crippen LogP contribution in [0.3, 0.4) is 0 Å². The highest BCUT2D eigenvalue weighted by Crippen LogP contribution is 2.20. The Bertz CT molecular complexity index is 861. The molecule has 1 heterocycles. The number of aryl methyl sites for hydroxylation is 1. The van der Waals surface area contributed by atoms with Gasteiger partial charge in [0.1, 0.15) is 6.04 Å². The Morgan fingerprint density at radius 3 is 2.64 bits per heavy atom. The average molecular weight is 337 g/mol. The van der Waals surface area contributed by atoms with E-state index in [1.165, 1.54) is 0 Å². The number of nitrogens with one attached hydrogen (secondary N) is 3. The monoisotopic (exact) mass is 337 g/mol. The van der Waals surface area contributed by atoms with Gasteiger partial charge in [-0.05, 0) is 43.2 Å². The molecule has 1 unspecified atom stereocenters. The van der Waals surface area contributed by atoms with Crippen LogP contribution in [0.2, 0.25) is 0 Å². The fourth-order valence-corrected chi connectivity index (χ4v) is 2.73. The lowest BCUT2D eigenvalue weighted by atomic mass is 10.1. The van der Waals surface area contributed by atoms with Crippen molar-refractivity contribution in [1.29, 1.82) is 0 Å². The smallest absolute Gasteiger partial charge is 0.254 e. The molecule has 6 heteroatoms. The second-order valence-corrected chi connectivity index (χ2v) is 6.06. The Morgan fingerprint density at radius 1 is 1.08 bits per heavy atom. The van der Waals surface area contributed by atoms with Crippen molar-refractivity contribution < 1.29 is 14.4 Å². The maximum atomic E-state index is 12.3. The third-order valence-corrected chi connectivity index (χ3v) is 4.32. The van der Waals surface area contributed by atoms with Crippen LogP contribution in [0.15, 0.2) is 42.5 Å². The molecule has 2 aromatic rings. The fourth-order valence-electron chi connectivity index (χ4n) is 2.73. The van der Waals surface area contributed by atoms with E-state index in [0.717, 1.165) is 11.1 Å². The van der Waals surface area contributed by atoms with Gasteiger partial charge in [0.2, 0.25) is 11.8 Å². The van der Waals surface area contributed by atoms with E-state index in [-0.39, 0.29) is 18.2 Å². The number of carbonyl (C=O) groups is 3. The molecule has 128 valence electrons. The molecule has 0 aromatic heterocycles. The molecule has 0 saturated carbocycles. The van der Waals surface area contributed by atoms with Crippen LogP contribution in [-0.2, 0) is 9.59 Å². The molecule has 0 aliphatic carbocycles. The van der Waals surface area contributed by atoms with Gasteiger partial charge >= 0.3 is 0 Å². The maximum Gasteiger partial charge on any atom is 0.254 e. The number of hydrogen-bond donors (Lipinski definition) is 3. The van der Waals surface area contributed by atoms with Crippen LogP contribution in [0.25, 0.3) is 0 Å². The quantitative estimate of drug-likeness (QED) is 0.803. The first kappa shape index (κ1) is 16.7. The van der Waals surface area contributed by atoms with E-state index >= 15 is 0 Å². The van der Waals surface area contributed by atoms with Crippen molar-refractivity contribution in [3.63, 3.8) is 0 Å². The Hall–Kier alpha value is -3.15. The summed E-state index contributed by atoms with van der Waals surface area (Å²) in [6, 6.07) is 11.4. The first-order valence-electron chi connectivity index (χ1n) is 8.02. The Labute approximate surface area is 145 Å². The number of anilines is 2. The number of hydrogen-bond acceptors (Lipinski definition) is 3. The molecule has 3 N–H and O–H groups in total. The molecule has 0 bridgehead atoms. The van der Waals surface area contributed by atoms with E-state index in [2.05, 4.69) is 16.0 Å². The predicted molar refractivity (Wildman–Crippen MR) is 95.5 cm³/mol. The topological polar surface area (TPSA) is 87.3 Å². The number of carbonyl (C=O) groups excluding carboxylic acids is 3. The van der Waals surface area contributed by atoms with Crippen molar-refractivity contribution in [2.24, 2.45) is 0 Å². The highest BCUT2D eigenvalue weighted by molar-refractivity contribution is 6.11. The molecule has 2 aromatic carbocycles. The largest absolute Gasteiger partial charge is 0.340 e. The average Bonchev–Trinajstić information content (AvgIpc) is 2.69. The third kappa shape index (κ3) is 3.52. The third-order valence-electron chi connectivity index (χ3n) is 4.32. The van der Waals surface area contributed by atoms with Gasteiger partial charge in [0.15, 0.2) is 0 Å². The molecule has 1 aliphatic rings. The fraction of sp³-hybridized carbons (Fsp3) is 0.211. The SMILES string of the molecule is Cc1cccc(NC(=O)CC2NC(=O)c3ccccc3NC2=O)c1C. The first-order chi connectivity index (χ1) is 12.0. The zero-order valence-corrected chi connectivity index (χ0v) is 14.1. The number of benzene rings is 2. The van der Waals surface area contributed by atoms with E-state index in [1.807, 2.05) is 32.0 Å². The van der Waals surface area contributed by atoms with Gasteiger partial charge in [-0.2, -0.15) is 0 Å². The van der Waals surface area contributed by atoms with Gasteiger partial charge < -0.3 is 16.0 Å². The zero-order valence-electron chi connectivity index (χ0n) is 14.1. The van der Waals surface area contributed by atoms with Gasteiger partial charge in [-0.25, -0.2) is 0 Å². The molecule has 1 aliphatic heterocycles. The van der Waals surface area contributed by atoms with E-state index in [9.17, 15) is 14.4 Å². The van der Waals surface area contributed by atoms with Gasteiger partial charge in [-0.3, -0.25) is 14.4 Å². The van der Waals surface area contributed by atoms with Crippen molar-refractivity contribution in [2.75, 3.05) is 10.6 Å². The van der Waals surface area contributed by atoms with Crippen molar-refractivity contribution in [2.45, 2.75) is 26.3 Å². The summed E-state index contributed by atoms with van der Waals surface area (Å²) < 4.78 is 0. The lowest BCUT2D eigenvalue weighted by Gasteiger charge is -2.15. The summed E-state index contributed by atoms with van der Waals surface area (Å²) in [4.78, 5) is 36.9. The van der Waals surface area contributed by atoms with Crippen LogP contribution < -0.4 is 16.0 Å². The van der Waals surface area contributed by atoms with E-state index in [4.69, 9.17) is 0 Å². The highest BCUT2D eigenvalue weighted by atomic mass is 16.2. The zero-order chi connectivity index (χ0) is 18.0. The summed E-state index contributed by atoms with van der Waals surface area (Å²) in [7, 11) is 0. The van der Waals surface area contributed by atoms with Crippen LogP contribution >= 0.6 is 0 Å². The van der Waals surface area contributed by atoms with E-state index in [0.29, 0.717) is 16.9 Å². The first-order valence-corrected chi connectivity index (χ1v) is 8.02. The van der Waals surface area contributed by atoms with Gasteiger partial charge in [-0.15, -0.1) is 0 Å². The van der Waals surface area contributed by atoms with Crippen molar-refractivity contribution >= 4 is 29.1 Å². The van der Waals surface area contributed by atoms with Crippen molar-refractivity contribution in [3.05, 3.63) is 59.2 Å². The van der Waals surface area contributed by atoms with Crippen molar-refractivity contribution in [3.8, 4) is 0 Å².